The quantitative estimate of drug-likeness (QED) is 0.865. The van der Waals surface area contributed by atoms with Crippen LogP contribution in [0.5, 0.6) is 0 Å². The van der Waals surface area contributed by atoms with Crippen molar-refractivity contribution in [3.05, 3.63) is 64.7 Å². The zero-order valence-electron chi connectivity index (χ0n) is 11.9. The lowest BCUT2D eigenvalue weighted by atomic mass is 10.1. The van der Waals surface area contributed by atoms with Crippen LogP contribution < -0.4 is 5.32 Å². The summed E-state index contributed by atoms with van der Waals surface area (Å²) in [4.78, 5) is 36.6. The smallest absolute Gasteiger partial charge is 0.261 e. The number of fused-ring (bicyclic) bond motifs is 1. The van der Waals surface area contributed by atoms with Crippen molar-refractivity contribution in [2.24, 2.45) is 0 Å². The Labute approximate surface area is 129 Å². The average Bonchev–Trinajstić information content (AvgIpc) is 2.72. The highest BCUT2D eigenvalue weighted by molar-refractivity contribution is 6.21. The van der Waals surface area contributed by atoms with Gasteiger partial charge in [-0.25, -0.2) is 8.78 Å². The Bertz CT molecular complexity index is 844. The first kappa shape index (κ1) is 14.8. The van der Waals surface area contributed by atoms with E-state index in [0.29, 0.717) is 0 Å². The molecule has 0 fully saturated rings. The van der Waals surface area contributed by atoms with Crippen LogP contribution in [0, 0.1) is 11.6 Å². The van der Waals surface area contributed by atoms with Gasteiger partial charge < -0.3 is 5.32 Å². The number of hydrogen-bond donors (Lipinski definition) is 1. The molecule has 0 unspecified atom stereocenters. The number of anilines is 1. The Morgan fingerprint density at radius 2 is 1.61 bits per heavy atom. The Morgan fingerprint density at radius 3 is 2.26 bits per heavy atom. The van der Waals surface area contributed by atoms with E-state index in [4.69, 9.17) is 0 Å². The first-order valence-corrected chi connectivity index (χ1v) is 6.62. The van der Waals surface area contributed by atoms with E-state index in [1.165, 1.54) is 25.2 Å². The molecule has 7 heteroatoms. The minimum absolute atomic E-state index is 0.129. The van der Waals surface area contributed by atoms with E-state index in [1.54, 1.807) is 0 Å². The lowest BCUT2D eigenvalue weighted by molar-refractivity contribution is 0.0692. The zero-order valence-corrected chi connectivity index (χ0v) is 11.9. The molecule has 0 spiro atoms. The summed E-state index contributed by atoms with van der Waals surface area (Å²) < 4.78 is 27.2. The first-order chi connectivity index (χ1) is 10.9. The molecule has 3 rings (SSSR count). The molecular weight excluding hydrogens is 306 g/mol. The van der Waals surface area contributed by atoms with E-state index in [9.17, 15) is 23.2 Å². The molecule has 3 amide bonds. The number of nitrogens with one attached hydrogen (secondary N) is 1. The minimum Gasteiger partial charge on any atom is -0.322 e. The molecule has 0 saturated heterocycles. The predicted octanol–water partition coefficient (Wildman–Crippen LogP) is 2.44. The molecule has 0 radical (unpaired) electrons. The molecule has 116 valence electrons. The highest BCUT2D eigenvalue weighted by Crippen LogP contribution is 2.25. The van der Waals surface area contributed by atoms with Crippen molar-refractivity contribution in [3.63, 3.8) is 0 Å². The van der Waals surface area contributed by atoms with Gasteiger partial charge in [0.2, 0.25) is 0 Å². The third-order valence-corrected chi connectivity index (χ3v) is 3.54. The maximum atomic E-state index is 13.6. The predicted molar refractivity (Wildman–Crippen MR) is 77.2 cm³/mol. The number of halogens is 2. The fourth-order valence-corrected chi connectivity index (χ4v) is 2.35. The van der Waals surface area contributed by atoms with Crippen LogP contribution in [0.15, 0.2) is 36.4 Å². The number of carbonyl (C=O) groups is 3. The second-order valence-corrected chi connectivity index (χ2v) is 4.98. The lowest BCUT2D eigenvalue weighted by Gasteiger charge is -2.08. The molecule has 0 bridgehead atoms. The SMILES string of the molecule is CN1C(=O)c2ccc(NC(=O)c3c(F)cccc3F)cc2C1=O. The highest BCUT2D eigenvalue weighted by Gasteiger charge is 2.32. The summed E-state index contributed by atoms with van der Waals surface area (Å²) in [5, 5.41) is 2.32. The molecular formula is C16H10F2N2O3. The fraction of sp³-hybridized carbons (Fsp3) is 0.0625. The maximum Gasteiger partial charge on any atom is 0.261 e. The van der Waals surface area contributed by atoms with E-state index in [1.807, 2.05) is 0 Å². The average molecular weight is 316 g/mol. The van der Waals surface area contributed by atoms with Crippen molar-refractivity contribution in [1.29, 1.82) is 0 Å². The van der Waals surface area contributed by atoms with Gasteiger partial charge in [-0.15, -0.1) is 0 Å². The minimum atomic E-state index is -0.991. The van der Waals surface area contributed by atoms with Crippen LogP contribution in [-0.4, -0.2) is 29.7 Å². The maximum absolute atomic E-state index is 13.6. The Morgan fingerprint density at radius 1 is 1.00 bits per heavy atom. The van der Waals surface area contributed by atoms with Crippen molar-refractivity contribution in [2.45, 2.75) is 0 Å². The molecule has 1 N–H and O–H groups in total. The number of nitrogens with zero attached hydrogens (tertiary/aromatic N) is 1. The number of rotatable bonds is 2. The number of hydrogen-bond acceptors (Lipinski definition) is 3. The van der Waals surface area contributed by atoms with E-state index in [2.05, 4.69) is 5.32 Å². The molecule has 1 heterocycles. The number of carbonyl (C=O) groups excluding carboxylic acids is 3. The molecule has 5 nitrogen and oxygen atoms in total. The molecule has 23 heavy (non-hydrogen) atoms. The summed E-state index contributed by atoms with van der Waals surface area (Å²) in [5.74, 6) is -3.91. The van der Waals surface area contributed by atoms with Gasteiger partial charge in [-0.3, -0.25) is 19.3 Å². The monoisotopic (exact) mass is 316 g/mol. The third kappa shape index (κ3) is 2.36. The van der Waals surface area contributed by atoms with Crippen LogP contribution in [0.3, 0.4) is 0 Å². The molecule has 0 aromatic heterocycles. The summed E-state index contributed by atoms with van der Waals surface area (Å²) in [6, 6.07) is 7.16. The summed E-state index contributed by atoms with van der Waals surface area (Å²) in [6.45, 7) is 0. The van der Waals surface area contributed by atoms with Crippen LogP contribution in [0.1, 0.15) is 31.1 Å². The van der Waals surface area contributed by atoms with Gasteiger partial charge in [-0.05, 0) is 30.3 Å². The van der Waals surface area contributed by atoms with Gasteiger partial charge in [0.25, 0.3) is 17.7 Å². The molecule has 0 saturated carbocycles. The van der Waals surface area contributed by atoms with Crippen molar-refractivity contribution < 1.29 is 23.2 Å². The van der Waals surface area contributed by atoms with E-state index < -0.39 is 34.9 Å². The fourth-order valence-electron chi connectivity index (χ4n) is 2.35. The van der Waals surface area contributed by atoms with Gasteiger partial charge in [0, 0.05) is 12.7 Å². The Kier molecular flexibility index (Phi) is 3.40. The van der Waals surface area contributed by atoms with Crippen molar-refractivity contribution in [2.75, 3.05) is 12.4 Å². The first-order valence-electron chi connectivity index (χ1n) is 6.62. The molecule has 1 aliphatic heterocycles. The van der Waals surface area contributed by atoms with E-state index >= 15 is 0 Å². The number of imide groups is 1. The van der Waals surface area contributed by atoms with Crippen molar-refractivity contribution >= 4 is 23.4 Å². The molecule has 1 aliphatic rings. The normalized spacial score (nSPS) is 13.3. The van der Waals surface area contributed by atoms with Crippen molar-refractivity contribution in [1.82, 2.24) is 4.90 Å². The Balaban J connectivity index is 1.92. The van der Waals surface area contributed by atoms with E-state index in [0.717, 1.165) is 23.1 Å². The van der Waals surface area contributed by atoms with Gasteiger partial charge in [0.1, 0.15) is 17.2 Å². The van der Waals surface area contributed by atoms with Crippen LogP contribution in [0.2, 0.25) is 0 Å². The van der Waals surface area contributed by atoms with Gasteiger partial charge in [-0.2, -0.15) is 0 Å². The Hall–Kier alpha value is -3.09. The summed E-state index contributed by atoms with van der Waals surface area (Å²) in [7, 11) is 1.34. The number of amides is 3. The van der Waals surface area contributed by atoms with Crippen LogP contribution in [0.25, 0.3) is 0 Å². The van der Waals surface area contributed by atoms with Gasteiger partial charge in [0.15, 0.2) is 0 Å². The molecule has 0 aliphatic carbocycles. The number of benzene rings is 2. The van der Waals surface area contributed by atoms with Crippen LogP contribution in [-0.2, 0) is 0 Å². The molecule has 0 atom stereocenters. The van der Waals surface area contributed by atoms with Gasteiger partial charge in [0.05, 0.1) is 11.1 Å². The standard InChI is InChI=1S/C16H10F2N2O3/c1-20-15(22)9-6-5-8(7-10(9)16(20)23)19-14(21)13-11(17)3-2-4-12(13)18/h2-7H,1H3,(H,19,21). The lowest BCUT2D eigenvalue weighted by Crippen LogP contribution is -2.24. The van der Waals surface area contributed by atoms with E-state index in [-0.39, 0.29) is 16.8 Å². The summed E-state index contributed by atoms with van der Waals surface area (Å²) in [5.41, 5.74) is -0.211. The summed E-state index contributed by atoms with van der Waals surface area (Å²) >= 11 is 0. The third-order valence-electron chi connectivity index (χ3n) is 3.54. The molecule has 2 aromatic carbocycles. The van der Waals surface area contributed by atoms with Gasteiger partial charge in [-0.1, -0.05) is 6.07 Å². The van der Waals surface area contributed by atoms with Crippen LogP contribution >= 0.6 is 0 Å². The highest BCUT2D eigenvalue weighted by atomic mass is 19.1. The molecule has 2 aromatic rings. The summed E-state index contributed by atoms with van der Waals surface area (Å²) in [6.07, 6.45) is 0. The second kappa shape index (κ2) is 5.28. The van der Waals surface area contributed by atoms with Crippen molar-refractivity contribution in [3.8, 4) is 0 Å². The second-order valence-electron chi connectivity index (χ2n) is 4.98. The zero-order chi connectivity index (χ0) is 16.7. The largest absolute Gasteiger partial charge is 0.322 e. The van der Waals surface area contributed by atoms with Gasteiger partial charge >= 0.3 is 0 Å². The topological polar surface area (TPSA) is 66.5 Å². The van der Waals surface area contributed by atoms with Crippen LogP contribution in [0.4, 0.5) is 14.5 Å².